The Hall–Kier alpha value is -3.22. The molecule has 4 aliphatic rings. The molecule has 2 aliphatic heterocycles. The fourth-order valence-electron chi connectivity index (χ4n) is 6.94. The Balaban J connectivity index is 0.00000113. The summed E-state index contributed by atoms with van der Waals surface area (Å²) in [6.07, 6.45) is 8.97. The molecular formula is C30H40N4O7S. The standard InChI is InChI=1S/C29H38N4O5S.CH2O2/c1-19-9-11-21(12-10-19)39(36,37)32-25-8-3-2-7-24(25)31-27(34)23-16-38-14-13-29(23)17-33(18-29)28(35)26-22-6-4-5-20(22)15-30-26;2-1-3/h9-12,15,23-25,30,32H,2-8,13-14,16-18H2,1H3,(H,31,34);1H,(H,2,3)/t23?,24-,25-;/m0./s1. The minimum absolute atomic E-state index is 0.0206. The number of rotatable bonds is 6. The summed E-state index contributed by atoms with van der Waals surface area (Å²) >= 11 is 0. The van der Waals surface area contributed by atoms with Gasteiger partial charge in [-0.3, -0.25) is 14.4 Å². The maximum Gasteiger partial charge on any atom is 0.290 e. The van der Waals surface area contributed by atoms with Gasteiger partial charge in [0.15, 0.2) is 0 Å². The number of carbonyl (C=O) groups excluding carboxylic acids is 2. The van der Waals surface area contributed by atoms with E-state index in [4.69, 9.17) is 14.6 Å². The van der Waals surface area contributed by atoms with E-state index >= 15 is 0 Å². The van der Waals surface area contributed by atoms with Crippen LogP contribution in [0.4, 0.5) is 0 Å². The van der Waals surface area contributed by atoms with Crippen LogP contribution in [0, 0.1) is 18.3 Å². The van der Waals surface area contributed by atoms with E-state index in [1.807, 2.05) is 18.0 Å². The molecule has 1 aromatic carbocycles. The van der Waals surface area contributed by atoms with Crippen LogP contribution in [0.2, 0.25) is 0 Å². The number of sulfonamides is 1. The first-order chi connectivity index (χ1) is 20.2. The number of nitrogens with zero attached hydrogens (tertiary/aromatic N) is 1. The normalized spacial score (nSPS) is 24.6. The topological polar surface area (TPSA) is 158 Å². The van der Waals surface area contributed by atoms with Gasteiger partial charge in [-0.25, -0.2) is 13.1 Å². The van der Waals surface area contributed by atoms with E-state index in [0.29, 0.717) is 38.4 Å². The van der Waals surface area contributed by atoms with Gasteiger partial charge in [-0.05, 0) is 68.7 Å². The number of benzene rings is 1. The largest absolute Gasteiger partial charge is 0.483 e. The van der Waals surface area contributed by atoms with E-state index in [1.165, 1.54) is 5.56 Å². The van der Waals surface area contributed by atoms with Gasteiger partial charge in [0.1, 0.15) is 5.69 Å². The summed E-state index contributed by atoms with van der Waals surface area (Å²) < 4.78 is 34.8. The molecule has 1 unspecified atom stereocenters. The fraction of sp³-hybridized carbons (Fsp3) is 0.567. The SMILES string of the molecule is Cc1ccc(S(=O)(=O)N[C@H]2CCCC[C@@H]2NC(=O)C2COCCC23CN(C(=O)c2[nH]cc4c2CCC4)C3)cc1.O=CO. The lowest BCUT2D eigenvalue weighted by Crippen LogP contribution is -2.67. The summed E-state index contributed by atoms with van der Waals surface area (Å²) in [6.45, 7) is 3.64. The summed E-state index contributed by atoms with van der Waals surface area (Å²) in [5, 5.41) is 10.1. The molecule has 228 valence electrons. The zero-order valence-electron chi connectivity index (χ0n) is 23.9. The maximum atomic E-state index is 13.7. The lowest BCUT2D eigenvalue weighted by atomic mass is 9.65. The van der Waals surface area contributed by atoms with Crippen molar-refractivity contribution in [1.82, 2.24) is 19.9 Å². The third-order valence-corrected chi connectivity index (χ3v) is 10.8. The quantitative estimate of drug-likeness (QED) is 0.371. The van der Waals surface area contributed by atoms with E-state index in [-0.39, 0.29) is 46.6 Å². The Bertz CT molecular complexity index is 1400. The number of hydrogen-bond donors (Lipinski definition) is 4. The summed E-state index contributed by atoms with van der Waals surface area (Å²) in [5.74, 6) is -0.456. The molecule has 2 amide bonds. The predicted octanol–water partition coefficient (Wildman–Crippen LogP) is 2.40. The molecule has 1 spiro atoms. The molecule has 1 aromatic heterocycles. The molecule has 12 heteroatoms. The average molecular weight is 601 g/mol. The van der Waals surface area contributed by atoms with E-state index in [1.54, 1.807) is 24.3 Å². The number of aromatic nitrogens is 1. The third kappa shape index (κ3) is 6.11. The molecule has 4 N–H and O–H groups in total. The second-order valence-electron chi connectivity index (χ2n) is 12.0. The highest BCUT2D eigenvalue weighted by Gasteiger charge is 2.55. The molecule has 3 atom stereocenters. The first-order valence-electron chi connectivity index (χ1n) is 14.7. The highest BCUT2D eigenvalue weighted by molar-refractivity contribution is 7.89. The van der Waals surface area contributed by atoms with Gasteiger partial charge in [0, 0.05) is 43.4 Å². The molecule has 0 bridgehead atoms. The van der Waals surface area contributed by atoms with Gasteiger partial charge in [0.05, 0.1) is 17.4 Å². The van der Waals surface area contributed by atoms with E-state index in [9.17, 15) is 18.0 Å². The van der Waals surface area contributed by atoms with Crippen molar-refractivity contribution in [2.24, 2.45) is 11.3 Å². The maximum absolute atomic E-state index is 13.7. The molecule has 42 heavy (non-hydrogen) atoms. The molecule has 0 radical (unpaired) electrons. The number of likely N-dealkylation sites (tertiary alicyclic amines) is 1. The van der Waals surface area contributed by atoms with Crippen molar-refractivity contribution in [2.75, 3.05) is 26.3 Å². The number of fused-ring (bicyclic) bond motifs is 1. The number of amides is 2. The van der Waals surface area contributed by atoms with Crippen LogP contribution >= 0.6 is 0 Å². The number of carboxylic acid groups (broad SMARTS) is 1. The monoisotopic (exact) mass is 600 g/mol. The molecule has 3 heterocycles. The van der Waals surface area contributed by atoms with E-state index in [2.05, 4.69) is 15.0 Å². The van der Waals surface area contributed by atoms with Crippen molar-refractivity contribution in [2.45, 2.75) is 75.3 Å². The Morgan fingerprint density at radius 3 is 2.50 bits per heavy atom. The number of aryl methyl sites for hydroxylation is 2. The number of ether oxygens (including phenoxy) is 1. The smallest absolute Gasteiger partial charge is 0.290 e. The summed E-state index contributed by atoms with van der Waals surface area (Å²) in [7, 11) is -3.70. The number of nitrogens with one attached hydrogen (secondary N) is 3. The highest BCUT2D eigenvalue weighted by atomic mass is 32.2. The van der Waals surface area contributed by atoms with Gasteiger partial charge in [-0.2, -0.15) is 0 Å². The van der Waals surface area contributed by atoms with Gasteiger partial charge < -0.3 is 25.0 Å². The minimum atomic E-state index is -3.70. The van der Waals surface area contributed by atoms with Crippen molar-refractivity contribution in [3.63, 3.8) is 0 Å². The Morgan fingerprint density at radius 1 is 1.10 bits per heavy atom. The summed E-state index contributed by atoms with van der Waals surface area (Å²) in [6, 6.07) is 6.14. The van der Waals surface area contributed by atoms with Crippen molar-refractivity contribution in [3.8, 4) is 0 Å². The molecule has 11 nitrogen and oxygen atoms in total. The lowest BCUT2D eigenvalue weighted by molar-refractivity contribution is -0.153. The van der Waals surface area contributed by atoms with Crippen molar-refractivity contribution in [1.29, 1.82) is 0 Å². The lowest BCUT2D eigenvalue weighted by Gasteiger charge is -2.55. The second kappa shape index (κ2) is 12.6. The zero-order chi connectivity index (χ0) is 29.9. The summed E-state index contributed by atoms with van der Waals surface area (Å²) in [4.78, 5) is 40.6. The van der Waals surface area contributed by atoms with Crippen LogP contribution < -0.4 is 10.0 Å². The van der Waals surface area contributed by atoms with Crippen LogP contribution in [0.15, 0.2) is 35.4 Å². The third-order valence-electron chi connectivity index (χ3n) is 9.28. The average Bonchev–Trinajstić information content (AvgIpc) is 3.57. The molecular weight excluding hydrogens is 560 g/mol. The molecule has 6 rings (SSSR count). The van der Waals surface area contributed by atoms with Crippen LogP contribution in [-0.2, 0) is 37.2 Å². The van der Waals surface area contributed by atoms with Crippen LogP contribution in [0.3, 0.4) is 0 Å². The van der Waals surface area contributed by atoms with Gasteiger partial charge in [0.2, 0.25) is 15.9 Å². The van der Waals surface area contributed by atoms with Crippen LogP contribution in [0.25, 0.3) is 0 Å². The van der Waals surface area contributed by atoms with Gasteiger partial charge >= 0.3 is 0 Å². The Kier molecular flexibility index (Phi) is 9.05. The van der Waals surface area contributed by atoms with Crippen molar-refractivity contribution < 1.29 is 32.6 Å². The molecule has 2 saturated heterocycles. The summed E-state index contributed by atoms with van der Waals surface area (Å²) in [5.41, 5.74) is 3.79. The zero-order valence-corrected chi connectivity index (χ0v) is 24.8. The first-order valence-corrected chi connectivity index (χ1v) is 16.2. The minimum Gasteiger partial charge on any atom is -0.483 e. The number of carbonyl (C=O) groups is 3. The number of aromatic amines is 1. The van der Waals surface area contributed by atoms with Crippen LogP contribution in [0.1, 0.15) is 65.7 Å². The Labute approximate surface area is 246 Å². The van der Waals surface area contributed by atoms with E-state index < -0.39 is 10.0 Å². The van der Waals surface area contributed by atoms with Crippen LogP contribution in [-0.4, -0.2) is 80.1 Å². The molecule has 2 aliphatic carbocycles. The molecule has 3 fully saturated rings. The highest BCUT2D eigenvalue weighted by Crippen LogP contribution is 2.45. The molecule has 2 aromatic rings. The number of hydrogen-bond acceptors (Lipinski definition) is 6. The first kappa shape index (κ1) is 30.2. The Morgan fingerprint density at radius 2 is 1.79 bits per heavy atom. The van der Waals surface area contributed by atoms with Crippen LogP contribution in [0.5, 0.6) is 0 Å². The van der Waals surface area contributed by atoms with E-state index in [0.717, 1.165) is 56.1 Å². The number of H-pyrrole nitrogens is 1. The second-order valence-corrected chi connectivity index (χ2v) is 13.7. The molecule has 1 saturated carbocycles. The van der Waals surface area contributed by atoms with Gasteiger partial charge in [-0.1, -0.05) is 30.5 Å². The fourth-order valence-corrected chi connectivity index (χ4v) is 8.25. The van der Waals surface area contributed by atoms with Gasteiger partial charge in [-0.15, -0.1) is 0 Å². The predicted molar refractivity (Wildman–Crippen MR) is 154 cm³/mol. The van der Waals surface area contributed by atoms with Gasteiger partial charge in [0.25, 0.3) is 12.4 Å². The van der Waals surface area contributed by atoms with Crippen molar-refractivity contribution in [3.05, 3.63) is 52.8 Å². The van der Waals surface area contributed by atoms with Crippen molar-refractivity contribution >= 4 is 28.3 Å².